The van der Waals surface area contributed by atoms with Gasteiger partial charge in [0.25, 0.3) is 5.91 Å². The molecule has 1 N–H and O–H groups in total. The van der Waals surface area contributed by atoms with E-state index in [4.69, 9.17) is 32.2 Å². The zero-order valence-corrected chi connectivity index (χ0v) is 27.7. The van der Waals surface area contributed by atoms with Crippen LogP contribution in [0.3, 0.4) is 0 Å². The van der Waals surface area contributed by atoms with Gasteiger partial charge in [0.1, 0.15) is 11.5 Å². The van der Waals surface area contributed by atoms with Gasteiger partial charge in [0.15, 0.2) is 0 Å². The summed E-state index contributed by atoms with van der Waals surface area (Å²) in [7, 11) is -4.01. The summed E-state index contributed by atoms with van der Waals surface area (Å²) >= 11 is 12.9. The first kappa shape index (κ1) is 32.8. The Bertz CT molecular complexity index is 2030. The number of nitrogens with zero attached hydrogens (tertiary/aromatic N) is 4. The van der Waals surface area contributed by atoms with Crippen LogP contribution in [0.15, 0.2) is 45.7 Å². The van der Waals surface area contributed by atoms with Crippen LogP contribution in [0.5, 0.6) is 0 Å². The molecule has 0 spiro atoms. The summed E-state index contributed by atoms with van der Waals surface area (Å²) in [5.74, 6) is 0.107. The van der Waals surface area contributed by atoms with Gasteiger partial charge in [-0.1, -0.05) is 45.7 Å². The summed E-state index contributed by atoms with van der Waals surface area (Å²) < 4.78 is 77.5. The Labute approximate surface area is 283 Å². The van der Waals surface area contributed by atoms with E-state index < -0.39 is 38.6 Å². The molecule has 2 bridgehead atoms. The summed E-state index contributed by atoms with van der Waals surface area (Å²) in [6.45, 7) is 0. The van der Waals surface area contributed by atoms with E-state index in [-0.39, 0.29) is 16.8 Å². The van der Waals surface area contributed by atoms with Gasteiger partial charge in [0, 0.05) is 46.0 Å². The number of sulfonamides is 1. The van der Waals surface area contributed by atoms with Gasteiger partial charge in [-0.25, -0.2) is 13.1 Å². The standard InChI is InChI=1S/C32H28Cl2F3N5O5S/c1-48(44,45)42-28(43)19-12-18(13-20(14-19)32(35,36)37)27-39-29(47-41-27)31-9-6-30(7-10-31,8-11-31)5-4-21-25(40-46-26(21)17-2-3-17)24-22(33)15-38-16-23(24)34/h4-5,12-17H,2-3,6-11H2,1H3,(H,42,43). The zero-order chi connectivity index (χ0) is 34.1. The van der Waals surface area contributed by atoms with Gasteiger partial charge in [0.2, 0.25) is 21.7 Å². The van der Waals surface area contributed by atoms with E-state index in [0.717, 1.165) is 81.1 Å². The quantitative estimate of drug-likeness (QED) is 0.192. The minimum Gasteiger partial charge on any atom is -0.360 e. The maximum atomic E-state index is 13.7. The smallest absolute Gasteiger partial charge is 0.360 e. The SMILES string of the molecule is CS(=O)(=O)NC(=O)c1cc(-c2noc(C34CCC(C=Cc5c(-c6c(Cl)cncc6Cl)noc5C5CC5)(CC3)CC4)n2)cc(C(F)(F)F)c1. The van der Waals surface area contributed by atoms with Gasteiger partial charge in [-0.15, -0.1) is 0 Å². The van der Waals surface area contributed by atoms with Crippen molar-refractivity contribution in [3.63, 3.8) is 0 Å². The Morgan fingerprint density at radius 3 is 2.27 bits per heavy atom. The van der Waals surface area contributed by atoms with E-state index in [1.54, 1.807) is 4.72 Å². The van der Waals surface area contributed by atoms with Crippen LogP contribution in [-0.4, -0.2) is 40.9 Å². The van der Waals surface area contributed by atoms with Crippen molar-refractivity contribution >= 4 is 45.2 Å². The highest BCUT2D eigenvalue weighted by atomic mass is 35.5. The van der Waals surface area contributed by atoms with E-state index >= 15 is 0 Å². The van der Waals surface area contributed by atoms with Crippen LogP contribution < -0.4 is 4.72 Å². The molecule has 3 aromatic heterocycles. The van der Waals surface area contributed by atoms with Crippen LogP contribution in [0.4, 0.5) is 13.2 Å². The molecular weight excluding hydrogens is 694 g/mol. The summed E-state index contributed by atoms with van der Waals surface area (Å²) in [4.78, 5) is 21.0. The van der Waals surface area contributed by atoms with Crippen molar-refractivity contribution in [3.8, 4) is 22.6 Å². The van der Waals surface area contributed by atoms with Gasteiger partial charge in [-0.3, -0.25) is 9.78 Å². The third-order valence-electron chi connectivity index (χ3n) is 9.64. The van der Waals surface area contributed by atoms with E-state index in [1.165, 1.54) is 12.4 Å². The molecule has 48 heavy (non-hydrogen) atoms. The van der Waals surface area contributed by atoms with Gasteiger partial charge >= 0.3 is 6.18 Å². The molecule has 16 heteroatoms. The number of carbonyl (C=O) groups excluding carboxylic acids is 1. The maximum Gasteiger partial charge on any atom is 0.416 e. The van der Waals surface area contributed by atoms with Crippen molar-refractivity contribution in [2.45, 2.75) is 68.9 Å². The lowest BCUT2D eigenvalue weighted by molar-refractivity contribution is -0.137. The fourth-order valence-electron chi connectivity index (χ4n) is 6.81. The van der Waals surface area contributed by atoms with Crippen molar-refractivity contribution in [2.24, 2.45) is 5.41 Å². The summed E-state index contributed by atoms with van der Waals surface area (Å²) in [5.41, 5.74) is -0.315. The molecule has 10 nitrogen and oxygen atoms in total. The molecule has 0 radical (unpaired) electrons. The zero-order valence-electron chi connectivity index (χ0n) is 25.4. The monoisotopic (exact) mass is 721 g/mol. The first-order valence-electron chi connectivity index (χ1n) is 15.2. The van der Waals surface area contributed by atoms with Crippen LogP contribution in [0.25, 0.3) is 28.7 Å². The number of rotatable bonds is 8. The van der Waals surface area contributed by atoms with E-state index in [9.17, 15) is 26.4 Å². The number of halogens is 5. The second-order valence-corrected chi connectivity index (χ2v) is 15.5. The molecule has 0 unspecified atom stereocenters. The number of hydrogen-bond acceptors (Lipinski definition) is 9. The largest absolute Gasteiger partial charge is 0.416 e. The molecule has 0 atom stereocenters. The highest BCUT2D eigenvalue weighted by Gasteiger charge is 2.51. The normalized spacial score (nSPS) is 22.8. The van der Waals surface area contributed by atoms with Gasteiger partial charge in [-0.05, 0) is 75.0 Å². The minimum absolute atomic E-state index is 0.102. The molecule has 3 heterocycles. The van der Waals surface area contributed by atoms with Crippen LogP contribution in [-0.2, 0) is 21.6 Å². The number of hydrogen-bond donors (Lipinski definition) is 1. The molecule has 1 amide bonds. The van der Waals surface area contributed by atoms with Gasteiger partial charge < -0.3 is 9.05 Å². The van der Waals surface area contributed by atoms with Crippen LogP contribution >= 0.6 is 23.2 Å². The molecule has 4 aliphatic rings. The second-order valence-electron chi connectivity index (χ2n) is 13.0. The van der Waals surface area contributed by atoms with E-state index in [2.05, 4.69) is 32.4 Å². The number of allylic oxidation sites excluding steroid dienone is 1. The number of carbonyl (C=O) groups is 1. The predicted octanol–water partition coefficient (Wildman–Crippen LogP) is 7.98. The Morgan fingerprint density at radius 1 is 1.00 bits per heavy atom. The second kappa shape index (κ2) is 11.7. The molecule has 1 aromatic carbocycles. The number of pyridine rings is 1. The topological polar surface area (TPSA) is 141 Å². The predicted molar refractivity (Wildman–Crippen MR) is 170 cm³/mol. The molecule has 4 aliphatic carbocycles. The molecule has 4 aromatic rings. The number of alkyl halides is 3. The third-order valence-corrected chi connectivity index (χ3v) is 10.8. The Balaban J connectivity index is 1.13. The summed E-state index contributed by atoms with van der Waals surface area (Å²) in [6.07, 6.45) is 9.90. The average Bonchev–Trinajstić information content (AvgIpc) is 3.59. The lowest BCUT2D eigenvalue weighted by atomic mass is 9.53. The molecule has 0 aliphatic heterocycles. The Hall–Kier alpha value is -3.75. The van der Waals surface area contributed by atoms with Crippen molar-refractivity contribution in [2.75, 3.05) is 6.26 Å². The molecule has 4 saturated carbocycles. The number of fused-ring (bicyclic) bond motifs is 3. The van der Waals surface area contributed by atoms with E-state index in [1.807, 2.05) is 0 Å². The third kappa shape index (κ3) is 6.25. The highest BCUT2D eigenvalue weighted by Crippen LogP contribution is 2.58. The average molecular weight is 723 g/mol. The minimum atomic E-state index is -4.81. The molecular formula is C32H28Cl2F3N5O5S. The molecule has 0 saturated heterocycles. The first-order chi connectivity index (χ1) is 22.7. The van der Waals surface area contributed by atoms with Gasteiger partial charge in [-0.2, -0.15) is 18.2 Å². The summed E-state index contributed by atoms with van der Waals surface area (Å²) in [6, 6.07) is 2.50. The van der Waals surface area contributed by atoms with E-state index in [0.29, 0.717) is 39.2 Å². The maximum absolute atomic E-state index is 13.7. The van der Waals surface area contributed by atoms with Crippen LogP contribution in [0.2, 0.25) is 10.0 Å². The highest BCUT2D eigenvalue weighted by molar-refractivity contribution is 7.89. The van der Waals surface area contributed by atoms with Crippen molar-refractivity contribution in [1.29, 1.82) is 0 Å². The molecule has 8 rings (SSSR count). The van der Waals surface area contributed by atoms with Gasteiger partial charge in [0.05, 0.1) is 21.9 Å². The van der Waals surface area contributed by atoms with Crippen LogP contribution in [0, 0.1) is 5.41 Å². The number of benzene rings is 1. The molecule has 4 fully saturated rings. The van der Waals surface area contributed by atoms with Crippen molar-refractivity contribution in [1.82, 2.24) is 25.0 Å². The number of nitrogens with one attached hydrogen (secondary N) is 1. The van der Waals surface area contributed by atoms with Crippen molar-refractivity contribution < 1.29 is 35.4 Å². The van der Waals surface area contributed by atoms with Crippen LogP contribution in [0.1, 0.15) is 90.4 Å². The molecule has 252 valence electrons. The van der Waals surface area contributed by atoms with Crippen molar-refractivity contribution in [3.05, 3.63) is 75.1 Å². The lowest BCUT2D eigenvalue weighted by Gasteiger charge is -2.50. The number of aromatic nitrogens is 4. The first-order valence-corrected chi connectivity index (χ1v) is 17.9. The Kier molecular flexibility index (Phi) is 7.99. The summed E-state index contributed by atoms with van der Waals surface area (Å²) in [5, 5.41) is 9.10. The Morgan fingerprint density at radius 2 is 1.67 bits per heavy atom. The number of amides is 1. The fourth-order valence-corrected chi connectivity index (χ4v) is 7.81. The fraction of sp³-hybridized carbons (Fsp3) is 0.406. The lowest BCUT2D eigenvalue weighted by Crippen LogP contribution is -2.43.